The molecule has 0 N–H and O–H groups in total. The molecule has 1 aromatic heterocycles. The van der Waals surface area contributed by atoms with E-state index in [9.17, 15) is 0 Å². The van der Waals surface area contributed by atoms with Gasteiger partial charge in [-0.25, -0.2) is 0 Å². The van der Waals surface area contributed by atoms with Gasteiger partial charge in [0, 0.05) is 32.9 Å². The van der Waals surface area contributed by atoms with Crippen molar-refractivity contribution in [2.24, 2.45) is 0 Å². The molecule has 0 bridgehead atoms. The maximum Gasteiger partial charge on any atom is 0.136 e. The summed E-state index contributed by atoms with van der Waals surface area (Å²) in [5.41, 5.74) is 17.6. The van der Waals surface area contributed by atoms with Gasteiger partial charge in [0.05, 0.1) is 5.69 Å². The summed E-state index contributed by atoms with van der Waals surface area (Å²) in [6.45, 7) is 4.76. The number of nitrogens with zero attached hydrogens (tertiary/aromatic N) is 1. The van der Waals surface area contributed by atoms with Gasteiger partial charge in [-0.1, -0.05) is 184 Å². The Bertz CT molecular complexity index is 3840. The van der Waals surface area contributed by atoms with E-state index in [1.807, 2.05) is 0 Å². The van der Waals surface area contributed by atoms with Crippen molar-refractivity contribution >= 4 is 71.3 Å². The third kappa shape index (κ3) is 5.95. The van der Waals surface area contributed by atoms with Crippen molar-refractivity contribution < 1.29 is 4.42 Å². The van der Waals surface area contributed by atoms with Crippen LogP contribution in [-0.4, -0.2) is 0 Å². The highest BCUT2D eigenvalue weighted by Gasteiger charge is 2.36. The molecule has 12 aromatic rings. The van der Waals surface area contributed by atoms with Gasteiger partial charge in [-0.05, 0) is 137 Å². The van der Waals surface area contributed by atoms with E-state index in [1.165, 1.54) is 93.3 Å². The van der Waals surface area contributed by atoms with Gasteiger partial charge < -0.3 is 9.32 Å². The SMILES string of the molecule is CC1(C)c2cc(-c3ccccc3)ccc2-c2ccc(N(c3ccc(-c4ccc(-c5ccc6oc7ccc8ccccc8c7c6c5)cc4)cc3)c3cc4ccccc4c4ccccc34)cc21. The molecular weight excluding hydrogens is 787 g/mol. The number of benzene rings is 11. The van der Waals surface area contributed by atoms with Gasteiger partial charge in [0.15, 0.2) is 0 Å². The Hall–Kier alpha value is -8.20. The van der Waals surface area contributed by atoms with Crippen molar-refractivity contribution in [3.63, 3.8) is 0 Å². The van der Waals surface area contributed by atoms with E-state index in [0.717, 1.165) is 33.6 Å². The van der Waals surface area contributed by atoms with Crippen LogP contribution in [0.5, 0.6) is 0 Å². The predicted octanol–water partition coefficient (Wildman–Crippen LogP) is 17.8. The molecule has 2 nitrogen and oxygen atoms in total. The van der Waals surface area contributed by atoms with Crippen molar-refractivity contribution in [1.82, 2.24) is 0 Å². The normalized spacial score (nSPS) is 12.9. The first-order valence-electron chi connectivity index (χ1n) is 22.6. The number of fused-ring (bicyclic) bond motifs is 11. The van der Waals surface area contributed by atoms with Crippen LogP contribution in [0, 0.1) is 0 Å². The highest BCUT2D eigenvalue weighted by Crippen LogP contribution is 2.52. The van der Waals surface area contributed by atoms with Gasteiger partial charge in [0.1, 0.15) is 11.2 Å². The summed E-state index contributed by atoms with van der Waals surface area (Å²) < 4.78 is 6.31. The molecular formula is C63H43NO. The van der Waals surface area contributed by atoms with Gasteiger partial charge in [-0.15, -0.1) is 0 Å². The zero-order valence-electron chi connectivity index (χ0n) is 36.2. The van der Waals surface area contributed by atoms with Gasteiger partial charge in [-0.2, -0.15) is 0 Å². The topological polar surface area (TPSA) is 16.4 Å². The van der Waals surface area contributed by atoms with E-state index >= 15 is 0 Å². The standard InChI is InChI=1S/C63H43NO/c1-63(2)57-37-46(40-12-4-3-5-13-40)26-32-53(57)54-33-31-49(39-58(54)63)64(59-38-47-15-7-8-16-50(47)52-18-10-11-19-55(52)59)48-29-24-42(25-30-48)41-20-22-43(23-21-41)45-28-34-60-56(36-45)62-51-17-9-6-14-44(51)27-35-61(62)65-60/h3-39H,1-2H3. The minimum Gasteiger partial charge on any atom is -0.456 e. The molecule has 0 radical (unpaired) electrons. The maximum absolute atomic E-state index is 6.31. The van der Waals surface area contributed by atoms with E-state index in [-0.39, 0.29) is 5.41 Å². The average Bonchev–Trinajstić information content (AvgIpc) is 3.85. The molecule has 0 saturated carbocycles. The fraction of sp³-hybridized carbons (Fsp3) is 0.0476. The largest absolute Gasteiger partial charge is 0.456 e. The quantitative estimate of drug-likeness (QED) is 0.155. The molecule has 0 aliphatic heterocycles. The molecule has 0 saturated heterocycles. The molecule has 11 aromatic carbocycles. The molecule has 0 spiro atoms. The zero-order chi connectivity index (χ0) is 43.2. The molecule has 0 amide bonds. The van der Waals surface area contributed by atoms with E-state index < -0.39 is 0 Å². The Balaban J connectivity index is 0.894. The number of rotatable bonds is 6. The van der Waals surface area contributed by atoms with Crippen LogP contribution in [0.25, 0.3) is 98.8 Å². The van der Waals surface area contributed by atoms with E-state index in [0.29, 0.717) is 0 Å². The summed E-state index contributed by atoms with van der Waals surface area (Å²) in [4.78, 5) is 2.47. The summed E-state index contributed by atoms with van der Waals surface area (Å²) in [6.07, 6.45) is 0. The summed E-state index contributed by atoms with van der Waals surface area (Å²) >= 11 is 0. The van der Waals surface area contributed by atoms with Gasteiger partial charge in [0.2, 0.25) is 0 Å². The highest BCUT2D eigenvalue weighted by molar-refractivity contribution is 6.19. The molecule has 2 heteroatoms. The van der Waals surface area contributed by atoms with Crippen LogP contribution < -0.4 is 4.90 Å². The van der Waals surface area contributed by atoms with Crippen LogP contribution in [-0.2, 0) is 5.41 Å². The predicted molar refractivity (Wildman–Crippen MR) is 275 cm³/mol. The second-order valence-corrected chi connectivity index (χ2v) is 18.1. The summed E-state index contributed by atoms with van der Waals surface area (Å²) in [5, 5.41) is 9.71. The summed E-state index contributed by atoms with van der Waals surface area (Å²) in [5.74, 6) is 0. The smallest absolute Gasteiger partial charge is 0.136 e. The van der Waals surface area contributed by atoms with Crippen LogP contribution in [0.15, 0.2) is 229 Å². The fourth-order valence-corrected chi connectivity index (χ4v) is 10.7. The molecule has 0 unspecified atom stereocenters. The Morgan fingerprint density at radius 2 is 0.862 bits per heavy atom. The first-order valence-corrected chi connectivity index (χ1v) is 22.6. The second-order valence-electron chi connectivity index (χ2n) is 18.1. The Labute approximate surface area is 378 Å². The van der Waals surface area contributed by atoms with E-state index in [4.69, 9.17) is 4.42 Å². The van der Waals surface area contributed by atoms with Crippen LogP contribution in [0.4, 0.5) is 17.1 Å². The van der Waals surface area contributed by atoms with Crippen molar-refractivity contribution in [1.29, 1.82) is 0 Å². The average molecular weight is 830 g/mol. The van der Waals surface area contributed by atoms with Crippen LogP contribution >= 0.6 is 0 Å². The second kappa shape index (κ2) is 14.4. The van der Waals surface area contributed by atoms with Crippen LogP contribution in [0.2, 0.25) is 0 Å². The number of anilines is 3. The molecule has 1 aliphatic rings. The molecule has 0 atom stereocenters. The van der Waals surface area contributed by atoms with Crippen molar-refractivity contribution in [2.75, 3.05) is 4.90 Å². The lowest BCUT2D eigenvalue weighted by Crippen LogP contribution is -2.17. The fourth-order valence-electron chi connectivity index (χ4n) is 10.7. The van der Waals surface area contributed by atoms with E-state index in [1.54, 1.807) is 0 Å². The monoisotopic (exact) mass is 829 g/mol. The summed E-state index contributed by atoms with van der Waals surface area (Å²) in [7, 11) is 0. The Morgan fingerprint density at radius 3 is 1.63 bits per heavy atom. The lowest BCUT2D eigenvalue weighted by atomic mass is 9.81. The lowest BCUT2D eigenvalue weighted by Gasteiger charge is -2.29. The highest BCUT2D eigenvalue weighted by atomic mass is 16.3. The third-order valence-electron chi connectivity index (χ3n) is 14.0. The number of hydrogen-bond donors (Lipinski definition) is 0. The Kier molecular flexibility index (Phi) is 8.29. The first-order chi connectivity index (χ1) is 32.0. The Morgan fingerprint density at radius 1 is 0.338 bits per heavy atom. The van der Waals surface area contributed by atoms with Crippen LogP contribution in [0.3, 0.4) is 0 Å². The van der Waals surface area contributed by atoms with Gasteiger partial charge >= 0.3 is 0 Å². The molecule has 306 valence electrons. The molecule has 0 fully saturated rings. The minimum atomic E-state index is -0.189. The first kappa shape index (κ1) is 37.4. The lowest BCUT2D eigenvalue weighted by molar-refractivity contribution is 0.660. The van der Waals surface area contributed by atoms with Crippen molar-refractivity contribution in [2.45, 2.75) is 19.3 Å². The van der Waals surface area contributed by atoms with Crippen molar-refractivity contribution in [3.8, 4) is 44.5 Å². The molecule has 1 heterocycles. The van der Waals surface area contributed by atoms with Gasteiger partial charge in [0.25, 0.3) is 0 Å². The number of hydrogen-bond acceptors (Lipinski definition) is 2. The van der Waals surface area contributed by atoms with Gasteiger partial charge in [-0.3, -0.25) is 0 Å². The molecule has 13 rings (SSSR count). The molecule has 1 aliphatic carbocycles. The third-order valence-corrected chi connectivity index (χ3v) is 14.0. The number of furan rings is 1. The zero-order valence-corrected chi connectivity index (χ0v) is 36.2. The van der Waals surface area contributed by atoms with Crippen molar-refractivity contribution in [3.05, 3.63) is 236 Å². The summed E-state index contributed by atoms with van der Waals surface area (Å²) in [6, 6.07) is 82.3. The van der Waals surface area contributed by atoms with Crippen LogP contribution in [0.1, 0.15) is 25.0 Å². The minimum absolute atomic E-state index is 0.189. The molecule has 65 heavy (non-hydrogen) atoms. The van der Waals surface area contributed by atoms with E-state index in [2.05, 4.69) is 243 Å². The maximum atomic E-state index is 6.31.